The Balaban J connectivity index is 1.37. The van der Waals surface area contributed by atoms with Crippen LogP contribution in [0.15, 0.2) is 0 Å². The van der Waals surface area contributed by atoms with E-state index >= 15 is 0 Å². The Labute approximate surface area is 177 Å². The molecule has 0 heterocycles. The fourth-order valence-corrected chi connectivity index (χ4v) is 9.53. The minimum absolute atomic E-state index is 0.168. The predicted molar refractivity (Wildman–Crippen MR) is 115 cm³/mol. The van der Waals surface area contributed by atoms with Gasteiger partial charge in [-0.05, 0) is 118 Å². The van der Waals surface area contributed by atoms with Crippen molar-refractivity contribution in [3.63, 3.8) is 0 Å². The highest BCUT2D eigenvalue weighted by atomic mass is 16.3. The molecule has 5 aliphatic rings. The smallest absolute Gasteiger partial charge is 0.0622 e. The first-order chi connectivity index (χ1) is 13.8. The van der Waals surface area contributed by atoms with Crippen molar-refractivity contribution in [2.75, 3.05) is 13.2 Å². The normalized spacial score (nSPS) is 50.0. The van der Waals surface area contributed by atoms with E-state index in [0.29, 0.717) is 11.3 Å². The molecule has 5 fully saturated rings. The van der Waals surface area contributed by atoms with E-state index in [1.54, 1.807) is 0 Å². The van der Waals surface area contributed by atoms with Crippen LogP contribution in [-0.4, -0.2) is 34.1 Å². The number of rotatable bonds is 5. The molecule has 3 heteroatoms. The Morgan fingerprint density at radius 3 is 2.21 bits per heavy atom. The van der Waals surface area contributed by atoms with E-state index in [2.05, 4.69) is 13.8 Å². The van der Waals surface area contributed by atoms with Gasteiger partial charge in [-0.15, -0.1) is 0 Å². The van der Waals surface area contributed by atoms with Gasteiger partial charge in [0, 0.05) is 5.41 Å². The van der Waals surface area contributed by atoms with Gasteiger partial charge in [0.05, 0.1) is 18.8 Å². The van der Waals surface area contributed by atoms with E-state index in [1.807, 2.05) is 0 Å². The fraction of sp³-hybridized carbons (Fsp3) is 1.00. The Kier molecular flexibility index (Phi) is 5.16. The molecule has 29 heavy (non-hydrogen) atoms. The highest BCUT2D eigenvalue weighted by Gasteiger charge is 2.61. The average molecular weight is 405 g/mol. The van der Waals surface area contributed by atoms with E-state index in [0.717, 1.165) is 54.8 Å². The first kappa shape index (κ1) is 20.8. The van der Waals surface area contributed by atoms with E-state index < -0.39 is 5.60 Å². The van der Waals surface area contributed by atoms with Crippen LogP contribution in [0, 0.1) is 52.3 Å². The number of aliphatic hydroxyl groups is 3. The molecule has 166 valence electrons. The summed E-state index contributed by atoms with van der Waals surface area (Å²) >= 11 is 0. The van der Waals surface area contributed by atoms with Crippen LogP contribution in [0.25, 0.3) is 0 Å². The summed E-state index contributed by atoms with van der Waals surface area (Å²) in [5.74, 6) is 5.31. The molecule has 0 aliphatic heterocycles. The predicted octanol–water partition coefficient (Wildman–Crippen LogP) is 4.78. The molecule has 0 unspecified atom stereocenters. The monoisotopic (exact) mass is 404 g/mol. The Morgan fingerprint density at radius 1 is 0.793 bits per heavy atom. The Bertz CT molecular complexity index is 607. The maximum Gasteiger partial charge on any atom is 0.0622 e. The largest absolute Gasteiger partial charge is 0.396 e. The van der Waals surface area contributed by atoms with Crippen molar-refractivity contribution in [2.24, 2.45) is 52.3 Å². The minimum Gasteiger partial charge on any atom is -0.396 e. The molecule has 5 aliphatic carbocycles. The summed E-state index contributed by atoms with van der Waals surface area (Å²) in [4.78, 5) is 0. The first-order valence-corrected chi connectivity index (χ1v) is 12.8. The molecule has 0 amide bonds. The van der Waals surface area contributed by atoms with Crippen molar-refractivity contribution in [1.82, 2.24) is 0 Å². The summed E-state index contributed by atoms with van der Waals surface area (Å²) in [6.45, 7) is 4.93. The lowest BCUT2D eigenvalue weighted by Gasteiger charge is -2.58. The van der Waals surface area contributed by atoms with Gasteiger partial charge in [0.2, 0.25) is 0 Å². The zero-order valence-corrected chi connectivity index (χ0v) is 18.8. The summed E-state index contributed by atoms with van der Waals surface area (Å²) in [5, 5.41) is 31.5. The third kappa shape index (κ3) is 3.33. The fourth-order valence-electron chi connectivity index (χ4n) is 9.53. The van der Waals surface area contributed by atoms with Gasteiger partial charge in [-0.2, -0.15) is 0 Å². The van der Waals surface area contributed by atoms with Crippen molar-refractivity contribution in [2.45, 2.75) is 96.5 Å². The first-order valence-electron chi connectivity index (χ1n) is 12.8. The van der Waals surface area contributed by atoms with Crippen LogP contribution in [-0.2, 0) is 0 Å². The van der Waals surface area contributed by atoms with Crippen LogP contribution in [0.2, 0.25) is 0 Å². The zero-order chi connectivity index (χ0) is 20.4. The van der Waals surface area contributed by atoms with Crippen LogP contribution in [0.4, 0.5) is 0 Å². The van der Waals surface area contributed by atoms with Crippen molar-refractivity contribution in [3.8, 4) is 0 Å². The maximum atomic E-state index is 10.6. The molecule has 0 bridgehead atoms. The SMILES string of the molecule is C[C@@]1(O)CC[C@H]2[C@H](CC[C@@H]3[C@@H]2CC[C@]2(C)[C@@H](C(CO)(CO)CC4CC4)CC[C@@H]32)C1. The molecule has 0 aromatic heterocycles. The van der Waals surface area contributed by atoms with Gasteiger partial charge in [-0.1, -0.05) is 19.8 Å². The standard InChI is InChI=1S/C26H44O3/c1-24(29)11-9-19-18(14-24)5-6-21-20(19)10-12-25(2)22(21)7-8-23(25)26(15-27,16-28)13-17-3-4-17/h17-23,27-29H,3-16H2,1-2H3/t18-,19+,20-,21-,22+,23+,24-,25+/m1/s1. The van der Waals surface area contributed by atoms with Gasteiger partial charge in [-0.25, -0.2) is 0 Å². The quantitative estimate of drug-likeness (QED) is 0.618. The van der Waals surface area contributed by atoms with E-state index in [4.69, 9.17) is 0 Å². The topological polar surface area (TPSA) is 60.7 Å². The summed E-state index contributed by atoms with van der Waals surface area (Å²) in [6.07, 6.45) is 14.7. The molecule has 5 rings (SSSR count). The highest BCUT2D eigenvalue weighted by Crippen LogP contribution is 2.68. The molecular formula is C26H44O3. The third-order valence-corrected chi connectivity index (χ3v) is 11.0. The highest BCUT2D eigenvalue weighted by molar-refractivity contribution is 5.10. The lowest BCUT2D eigenvalue weighted by molar-refractivity contribution is -0.122. The van der Waals surface area contributed by atoms with Crippen LogP contribution in [0.1, 0.15) is 90.9 Å². The lowest BCUT2D eigenvalue weighted by atomic mass is 9.47. The molecule has 8 atom stereocenters. The van der Waals surface area contributed by atoms with Gasteiger partial charge in [-0.3, -0.25) is 0 Å². The summed E-state index contributed by atoms with van der Waals surface area (Å²) in [5.41, 5.74) is -0.382. The molecular weight excluding hydrogens is 360 g/mol. The molecule has 0 aromatic rings. The summed E-state index contributed by atoms with van der Waals surface area (Å²) in [7, 11) is 0. The van der Waals surface area contributed by atoms with E-state index in [-0.39, 0.29) is 18.6 Å². The zero-order valence-electron chi connectivity index (χ0n) is 18.8. The molecule has 0 aromatic carbocycles. The van der Waals surface area contributed by atoms with Crippen LogP contribution in [0.5, 0.6) is 0 Å². The summed E-state index contributed by atoms with van der Waals surface area (Å²) in [6, 6.07) is 0. The molecule has 0 saturated heterocycles. The van der Waals surface area contributed by atoms with Crippen LogP contribution >= 0.6 is 0 Å². The second kappa shape index (κ2) is 7.20. The van der Waals surface area contributed by atoms with Gasteiger partial charge in [0.25, 0.3) is 0 Å². The van der Waals surface area contributed by atoms with E-state index in [9.17, 15) is 15.3 Å². The van der Waals surface area contributed by atoms with Crippen molar-refractivity contribution < 1.29 is 15.3 Å². The second-order valence-electron chi connectivity index (χ2n) is 12.7. The Hall–Kier alpha value is -0.120. The number of fused-ring (bicyclic) bond motifs is 5. The third-order valence-electron chi connectivity index (χ3n) is 11.0. The molecule has 0 radical (unpaired) electrons. The lowest BCUT2D eigenvalue weighted by Crippen LogP contribution is -2.53. The van der Waals surface area contributed by atoms with Gasteiger partial charge in [0.15, 0.2) is 0 Å². The van der Waals surface area contributed by atoms with Gasteiger partial charge in [0.1, 0.15) is 0 Å². The number of hydrogen-bond donors (Lipinski definition) is 3. The molecule has 3 nitrogen and oxygen atoms in total. The van der Waals surface area contributed by atoms with Crippen LogP contribution in [0.3, 0.4) is 0 Å². The molecule has 3 N–H and O–H groups in total. The maximum absolute atomic E-state index is 10.6. The molecule has 5 saturated carbocycles. The number of hydrogen-bond acceptors (Lipinski definition) is 3. The van der Waals surface area contributed by atoms with Gasteiger partial charge < -0.3 is 15.3 Å². The average Bonchev–Trinajstić information content (AvgIpc) is 3.44. The van der Waals surface area contributed by atoms with Gasteiger partial charge >= 0.3 is 0 Å². The Morgan fingerprint density at radius 2 is 1.52 bits per heavy atom. The summed E-state index contributed by atoms with van der Waals surface area (Å²) < 4.78 is 0. The number of aliphatic hydroxyl groups excluding tert-OH is 2. The minimum atomic E-state index is -0.430. The van der Waals surface area contributed by atoms with Crippen molar-refractivity contribution in [3.05, 3.63) is 0 Å². The molecule has 0 spiro atoms. The van der Waals surface area contributed by atoms with E-state index in [1.165, 1.54) is 57.8 Å². The second-order valence-corrected chi connectivity index (χ2v) is 12.7. The van der Waals surface area contributed by atoms with Crippen molar-refractivity contribution in [1.29, 1.82) is 0 Å². The van der Waals surface area contributed by atoms with Crippen molar-refractivity contribution >= 4 is 0 Å². The van der Waals surface area contributed by atoms with Crippen LogP contribution < -0.4 is 0 Å².